The van der Waals surface area contributed by atoms with E-state index in [0.717, 1.165) is 16.8 Å². The van der Waals surface area contributed by atoms with Crippen molar-refractivity contribution in [1.29, 1.82) is 0 Å². The van der Waals surface area contributed by atoms with E-state index in [1.54, 1.807) is 0 Å². The second-order valence-corrected chi connectivity index (χ2v) is 9.93. The van der Waals surface area contributed by atoms with E-state index in [1.807, 2.05) is 0 Å². The van der Waals surface area contributed by atoms with Crippen molar-refractivity contribution in [2.24, 2.45) is 0 Å². The zero-order valence-electron chi connectivity index (χ0n) is 19.7. The number of nitrogen functional groups attached to an aromatic ring is 1. The van der Waals surface area contributed by atoms with Crippen LogP contribution in [0.5, 0.6) is 0 Å². The molecule has 2 aliphatic carbocycles. The molecule has 0 fully saturated rings. The van der Waals surface area contributed by atoms with Crippen molar-refractivity contribution in [3.63, 3.8) is 0 Å². The summed E-state index contributed by atoms with van der Waals surface area (Å²) >= 11 is 0. The lowest BCUT2D eigenvalue weighted by Gasteiger charge is -2.30. The summed E-state index contributed by atoms with van der Waals surface area (Å²) in [7, 11) is 0. The quantitative estimate of drug-likeness (QED) is 0.246. The summed E-state index contributed by atoms with van der Waals surface area (Å²) in [5, 5.41) is 2.47. The fraction of sp³-hybridized carbons (Fsp3) is 0.0286. The van der Waals surface area contributed by atoms with E-state index in [1.165, 1.54) is 55.3 Å². The van der Waals surface area contributed by atoms with E-state index in [2.05, 4.69) is 127 Å². The highest BCUT2D eigenvalue weighted by Crippen LogP contribution is 2.63. The van der Waals surface area contributed by atoms with Crippen LogP contribution in [0.4, 0.5) is 5.69 Å². The average molecular weight is 458 g/mol. The Hall–Kier alpha value is -4.62. The number of hydrogen-bond donors (Lipinski definition) is 1. The lowest BCUT2D eigenvalue weighted by molar-refractivity contribution is 0.794. The SMILES string of the molecule is Nc1cc2c(cc1-c1ccc3ccccc3c1)-c1ccccc1C21c2ccccc2-c2ccccc21. The van der Waals surface area contributed by atoms with E-state index in [9.17, 15) is 0 Å². The molecule has 1 heteroatoms. The minimum atomic E-state index is -0.352. The van der Waals surface area contributed by atoms with Crippen molar-refractivity contribution in [3.8, 4) is 33.4 Å². The van der Waals surface area contributed by atoms with Gasteiger partial charge < -0.3 is 5.73 Å². The molecular weight excluding hydrogens is 434 g/mol. The van der Waals surface area contributed by atoms with Gasteiger partial charge in [-0.25, -0.2) is 0 Å². The van der Waals surface area contributed by atoms with Crippen LogP contribution in [0.3, 0.4) is 0 Å². The molecule has 1 nitrogen and oxygen atoms in total. The lowest BCUT2D eigenvalue weighted by atomic mass is 9.70. The summed E-state index contributed by atoms with van der Waals surface area (Å²) < 4.78 is 0. The molecule has 168 valence electrons. The highest BCUT2D eigenvalue weighted by atomic mass is 14.6. The van der Waals surface area contributed by atoms with Crippen LogP contribution in [0.1, 0.15) is 22.3 Å². The summed E-state index contributed by atoms with van der Waals surface area (Å²) in [5.41, 5.74) is 20.1. The molecule has 6 aromatic carbocycles. The monoisotopic (exact) mass is 457 g/mol. The summed E-state index contributed by atoms with van der Waals surface area (Å²) in [6.45, 7) is 0. The van der Waals surface area contributed by atoms with Gasteiger partial charge in [-0.05, 0) is 79.0 Å². The maximum Gasteiger partial charge on any atom is 0.0726 e. The fourth-order valence-corrected chi connectivity index (χ4v) is 6.76. The standard InChI is InChI=1S/C35H23N/c36-34-21-33-29(20-28(34)24-18-17-22-9-1-2-10-23(22)19-24)27-13-5-8-16-32(27)35(33)30-14-6-3-11-25(30)26-12-4-7-15-31(26)35/h1-21H,36H2. The van der Waals surface area contributed by atoms with Crippen molar-refractivity contribution in [2.45, 2.75) is 5.41 Å². The van der Waals surface area contributed by atoms with Crippen LogP contribution in [0.15, 0.2) is 127 Å². The predicted molar refractivity (Wildman–Crippen MR) is 150 cm³/mol. The molecule has 0 heterocycles. The maximum absolute atomic E-state index is 6.90. The number of fused-ring (bicyclic) bond motifs is 11. The molecule has 0 aromatic heterocycles. The smallest absolute Gasteiger partial charge is 0.0726 e. The zero-order valence-corrected chi connectivity index (χ0v) is 19.7. The number of rotatable bonds is 1. The second-order valence-electron chi connectivity index (χ2n) is 9.93. The van der Waals surface area contributed by atoms with Crippen molar-refractivity contribution in [2.75, 3.05) is 5.73 Å². The Balaban J connectivity index is 1.46. The third-order valence-electron chi connectivity index (χ3n) is 8.23. The molecule has 1 spiro atoms. The van der Waals surface area contributed by atoms with Gasteiger partial charge in [-0.1, -0.05) is 109 Å². The minimum absolute atomic E-state index is 0.352. The van der Waals surface area contributed by atoms with Crippen molar-refractivity contribution in [1.82, 2.24) is 0 Å². The summed E-state index contributed by atoms with van der Waals surface area (Å²) in [6.07, 6.45) is 0. The molecular formula is C35H23N. The van der Waals surface area contributed by atoms with Gasteiger partial charge in [-0.15, -0.1) is 0 Å². The average Bonchev–Trinajstić information content (AvgIpc) is 3.39. The number of hydrogen-bond acceptors (Lipinski definition) is 1. The first-order valence-corrected chi connectivity index (χ1v) is 12.5. The van der Waals surface area contributed by atoms with E-state index in [-0.39, 0.29) is 5.41 Å². The Morgan fingerprint density at radius 1 is 0.389 bits per heavy atom. The normalized spacial score (nSPS) is 13.9. The molecule has 36 heavy (non-hydrogen) atoms. The topological polar surface area (TPSA) is 26.0 Å². The van der Waals surface area contributed by atoms with Gasteiger partial charge in [0, 0.05) is 11.3 Å². The van der Waals surface area contributed by atoms with Crippen LogP contribution in [0.25, 0.3) is 44.2 Å². The van der Waals surface area contributed by atoms with Gasteiger partial charge in [0.25, 0.3) is 0 Å². The number of benzene rings is 6. The third kappa shape index (κ3) is 2.35. The molecule has 0 saturated heterocycles. The summed E-state index contributed by atoms with van der Waals surface area (Å²) in [6, 6.07) is 46.3. The molecule has 2 N–H and O–H groups in total. The van der Waals surface area contributed by atoms with Crippen LogP contribution in [0.2, 0.25) is 0 Å². The van der Waals surface area contributed by atoms with E-state index < -0.39 is 0 Å². The minimum Gasteiger partial charge on any atom is -0.398 e. The fourth-order valence-electron chi connectivity index (χ4n) is 6.76. The Labute approximate surface area is 210 Å². The largest absolute Gasteiger partial charge is 0.398 e. The molecule has 0 bridgehead atoms. The first-order valence-electron chi connectivity index (χ1n) is 12.5. The van der Waals surface area contributed by atoms with Crippen LogP contribution in [-0.4, -0.2) is 0 Å². The number of anilines is 1. The molecule has 0 radical (unpaired) electrons. The molecule has 0 unspecified atom stereocenters. The van der Waals surface area contributed by atoms with Gasteiger partial charge in [0.15, 0.2) is 0 Å². The Bertz CT molecular complexity index is 1810. The molecule has 0 saturated carbocycles. The van der Waals surface area contributed by atoms with Crippen molar-refractivity contribution in [3.05, 3.63) is 150 Å². The van der Waals surface area contributed by atoms with Gasteiger partial charge in [0.05, 0.1) is 5.41 Å². The summed E-state index contributed by atoms with van der Waals surface area (Å²) in [5.74, 6) is 0. The predicted octanol–water partition coefficient (Wildman–Crippen LogP) is 8.43. The van der Waals surface area contributed by atoms with Gasteiger partial charge in [0.2, 0.25) is 0 Å². The van der Waals surface area contributed by atoms with Gasteiger partial charge in [-0.3, -0.25) is 0 Å². The molecule has 0 atom stereocenters. The molecule has 6 aromatic rings. The highest BCUT2D eigenvalue weighted by molar-refractivity contribution is 5.98. The van der Waals surface area contributed by atoms with Crippen LogP contribution in [0, 0.1) is 0 Å². The van der Waals surface area contributed by atoms with Crippen LogP contribution in [-0.2, 0) is 5.41 Å². The van der Waals surface area contributed by atoms with E-state index >= 15 is 0 Å². The van der Waals surface area contributed by atoms with Gasteiger partial charge in [-0.2, -0.15) is 0 Å². The lowest BCUT2D eigenvalue weighted by Crippen LogP contribution is -2.26. The van der Waals surface area contributed by atoms with Crippen molar-refractivity contribution < 1.29 is 0 Å². The van der Waals surface area contributed by atoms with Gasteiger partial charge in [0.1, 0.15) is 0 Å². The molecule has 0 amide bonds. The number of nitrogens with two attached hydrogens (primary N) is 1. The molecule has 0 aliphatic heterocycles. The van der Waals surface area contributed by atoms with Crippen LogP contribution < -0.4 is 5.73 Å². The highest BCUT2D eigenvalue weighted by Gasteiger charge is 2.51. The Kier molecular flexibility index (Phi) is 3.80. The summed E-state index contributed by atoms with van der Waals surface area (Å²) in [4.78, 5) is 0. The van der Waals surface area contributed by atoms with Crippen molar-refractivity contribution >= 4 is 16.5 Å². The Morgan fingerprint density at radius 2 is 0.917 bits per heavy atom. The first-order chi connectivity index (χ1) is 17.8. The van der Waals surface area contributed by atoms with E-state index in [0.29, 0.717) is 0 Å². The first kappa shape index (κ1) is 19.7. The van der Waals surface area contributed by atoms with Crippen LogP contribution >= 0.6 is 0 Å². The zero-order chi connectivity index (χ0) is 23.9. The Morgan fingerprint density at radius 3 is 1.56 bits per heavy atom. The molecule has 2 aliphatic rings. The molecule has 8 rings (SSSR count). The maximum atomic E-state index is 6.90. The third-order valence-corrected chi connectivity index (χ3v) is 8.23. The van der Waals surface area contributed by atoms with E-state index in [4.69, 9.17) is 5.73 Å². The van der Waals surface area contributed by atoms with Gasteiger partial charge >= 0.3 is 0 Å². The second kappa shape index (κ2) is 6.96.